The maximum atomic E-state index is 13.6. The van der Waals surface area contributed by atoms with E-state index in [-0.39, 0.29) is 16.3 Å². The van der Waals surface area contributed by atoms with E-state index in [1.54, 1.807) is 36.4 Å². The van der Waals surface area contributed by atoms with Crippen LogP contribution in [-0.2, 0) is 19.6 Å². The highest BCUT2D eigenvalue weighted by Gasteiger charge is 2.27. The maximum absolute atomic E-state index is 13.6. The topological polar surface area (TPSA) is 144 Å². The molecule has 0 bridgehead atoms. The molecule has 12 nitrogen and oxygen atoms in total. The zero-order chi connectivity index (χ0) is 28.7. The van der Waals surface area contributed by atoms with E-state index in [2.05, 4.69) is 10.5 Å². The summed E-state index contributed by atoms with van der Waals surface area (Å²) >= 11 is 0. The van der Waals surface area contributed by atoms with Crippen molar-refractivity contribution >= 4 is 39.2 Å². The van der Waals surface area contributed by atoms with Gasteiger partial charge in [-0.1, -0.05) is 23.8 Å². The Morgan fingerprint density at radius 3 is 2.55 bits per heavy atom. The van der Waals surface area contributed by atoms with Crippen LogP contribution in [0.3, 0.4) is 0 Å². The van der Waals surface area contributed by atoms with Crippen molar-refractivity contribution < 1.29 is 27.6 Å². The number of benzene rings is 3. The molecule has 4 rings (SSSR count). The highest BCUT2D eigenvalue weighted by atomic mass is 32.2. The van der Waals surface area contributed by atoms with Gasteiger partial charge in [-0.05, 0) is 37.3 Å². The number of hydrogen-bond acceptors (Lipinski definition) is 9. The van der Waals surface area contributed by atoms with E-state index in [0.717, 1.165) is 9.87 Å². The molecular formula is C27H29N5O7S. The predicted octanol–water partition coefficient (Wildman–Crippen LogP) is 3.09. The number of nitrogens with one attached hydrogen (secondary N) is 1. The molecule has 1 amide bonds. The van der Waals surface area contributed by atoms with Gasteiger partial charge < -0.3 is 14.4 Å². The Morgan fingerprint density at radius 2 is 1.88 bits per heavy atom. The fourth-order valence-electron chi connectivity index (χ4n) is 4.11. The van der Waals surface area contributed by atoms with Gasteiger partial charge in [0, 0.05) is 42.5 Å². The molecule has 3 aromatic rings. The number of hydrogen-bond donors (Lipinski definition) is 1. The second kappa shape index (κ2) is 12.6. The van der Waals surface area contributed by atoms with Crippen molar-refractivity contribution in [3.8, 4) is 5.75 Å². The Bertz CT molecular complexity index is 1500. The molecule has 40 heavy (non-hydrogen) atoms. The number of nitrogens with zero attached hydrogens (tertiary/aromatic N) is 4. The lowest BCUT2D eigenvalue weighted by atomic mass is 10.1. The first-order valence-corrected chi connectivity index (χ1v) is 13.8. The zero-order valence-electron chi connectivity index (χ0n) is 22.0. The van der Waals surface area contributed by atoms with Gasteiger partial charge in [-0.2, -0.15) is 5.10 Å². The average Bonchev–Trinajstić information content (AvgIpc) is 2.96. The smallest absolute Gasteiger partial charge is 0.270 e. The third-order valence-corrected chi connectivity index (χ3v) is 7.99. The van der Waals surface area contributed by atoms with Crippen molar-refractivity contribution in [3.05, 3.63) is 88.0 Å². The number of hydrazone groups is 1. The molecule has 13 heteroatoms. The summed E-state index contributed by atoms with van der Waals surface area (Å²) in [7, 11) is -2.68. The van der Waals surface area contributed by atoms with Crippen LogP contribution in [0.25, 0.3) is 0 Å². The number of non-ortho nitro benzene ring substituents is 1. The summed E-state index contributed by atoms with van der Waals surface area (Å²) in [6.07, 6.45) is 1.31. The quantitative estimate of drug-likeness (QED) is 0.224. The molecule has 210 valence electrons. The molecule has 0 saturated carbocycles. The third-order valence-electron chi connectivity index (χ3n) is 6.20. The minimum atomic E-state index is -4.13. The van der Waals surface area contributed by atoms with Gasteiger partial charge in [-0.15, -0.1) is 0 Å². The Morgan fingerprint density at radius 1 is 1.15 bits per heavy atom. The van der Waals surface area contributed by atoms with Crippen LogP contribution in [0, 0.1) is 17.0 Å². The summed E-state index contributed by atoms with van der Waals surface area (Å²) < 4.78 is 38.8. The molecule has 1 fully saturated rings. The molecular weight excluding hydrogens is 538 g/mol. The van der Waals surface area contributed by atoms with Gasteiger partial charge in [0.15, 0.2) is 0 Å². The van der Waals surface area contributed by atoms with Crippen LogP contribution in [0.4, 0.5) is 17.1 Å². The Balaban J connectivity index is 1.59. The van der Waals surface area contributed by atoms with Gasteiger partial charge in [0.05, 0.1) is 42.0 Å². The molecule has 0 atom stereocenters. The van der Waals surface area contributed by atoms with E-state index >= 15 is 0 Å². The summed E-state index contributed by atoms with van der Waals surface area (Å²) in [6, 6.07) is 17.1. The molecule has 0 aromatic heterocycles. The fraction of sp³-hybridized carbons (Fsp3) is 0.259. The highest BCUT2D eigenvalue weighted by Crippen LogP contribution is 2.28. The Labute approximate surface area is 232 Å². The molecule has 0 unspecified atom stereocenters. The van der Waals surface area contributed by atoms with Gasteiger partial charge in [-0.3, -0.25) is 19.2 Å². The van der Waals surface area contributed by atoms with Crippen LogP contribution >= 0.6 is 0 Å². The van der Waals surface area contributed by atoms with Gasteiger partial charge in [0.25, 0.3) is 21.6 Å². The summed E-state index contributed by atoms with van der Waals surface area (Å²) in [5.41, 5.74) is 4.46. The third kappa shape index (κ3) is 6.74. The number of rotatable bonds is 10. The number of anilines is 2. The van der Waals surface area contributed by atoms with E-state index < -0.39 is 27.4 Å². The number of morpholine rings is 1. The summed E-state index contributed by atoms with van der Waals surface area (Å²) in [6.45, 7) is 3.48. The molecule has 3 aromatic carbocycles. The highest BCUT2D eigenvalue weighted by molar-refractivity contribution is 7.92. The average molecular weight is 568 g/mol. The SMILES string of the molecule is COc1cccc(N(CC(=O)N/N=C\c2cc([N+](=O)[O-])ccc2N2CCOCC2)S(=O)(=O)c2ccc(C)cc2)c1. The zero-order valence-corrected chi connectivity index (χ0v) is 22.8. The lowest BCUT2D eigenvalue weighted by molar-refractivity contribution is -0.384. The predicted molar refractivity (Wildman–Crippen MR) is 151 cm³/mol. The van der Waals surface area contributed by atoms with E-state index in [0.29, 0.717) is 43.3 Å². The Kier molecular flexibility index (Phi) is 8.97. The van der Waals surface area contributed by atoms with Gasteiger partial charge in [-0.25, -0.2) is 13.8 Å². The van der Waals surface area contributed by atoms with Crippen molar-refractivity contribution in [1.29, 1.82) is 0 Å². The number of nitro benzene ring substituents is 1. The number of aryl methyl sites for hydroxylation is 1. The molecule has 0 radical (unpaired) electrons. The van der Waals surface area contributed by atoms with Crippen LogP contribution < -0.4 is 19.4 Å². The number of methoxy groups -OCH3 is 1. The minimum Gasteiger partial charge on any atom is -0.497 e. The second-order valence-electron chi connectivity index (χ2n) is 8.92. The number of sulfonamides is 1. The van der Waals surface area contributed by atoms with Crippen molar-refractivity contribution in [3.63, 3.8) is 0 Å². The Hall–Kier alpha value is -4.49. The number of amides is 1. The van der Waals surface area contributed by atoms with Crippen LogP contribution in [0.15, 0.2) is 76.7 Å². The van der Waals surface area contributed by atoms with Gasteiger partial charge in [0.1, 0.15) is 12.3 Å². The number of carbonyl (C=O) groups is 1. The molecule has 0 spiro atoms. The van der Waals surface area contributed by atoms with Crippen molar-refractivity contribution in [2.45, 2.75) is 11.8 Å². The van der Waals surface area contributed by atoms with Crippen molar-refractivity contribution in [1.82, 2.24) is 5.43 Å². The minimum absolute atomic E-state index is 0.0176. The van der Waals surface area contributed by atoms with Crippen molar-refractivity contribution in [2.75, 3.05) is 49.2 Å². The monoisotopic (exact) mass is 567 g/mol. The molecule has 0 aliphatic carbocycles. The summed E-state index contributed by atoms with van der Waals surface area (Å²) in [5.74, 6) is -0.297. The first kappa shape index (κ1) is 28.5. The van der Waals surface area contributed by atoms with Gasteiger partial charge >= 0.3 is 0 Å². The van der Waals surface area contributed by atoms with E-state index in [1.807, 2.05) is 11.8 Å². The lowest BCUT2D eigenvalue weighted by Crippen LogP contribution is -2.39. The van der Waals surface area contributed by atoms with Crippen LogP contribution in [0.2, 0.25) is 0 Å². The molecule has 1 heterocycles. The second-order valence-corrected chi connectivity index (χ2v) is 10.8. The summed E-state index contributed by atoms with van der Waals surface area (Å²) in [4.78, 5) is 25.8. The number of ether oxygens (including phenoxy) is 2. The molecule has 1 N–H and O–H groups in total. The first-order chi connectivity index (χ1) is 19.2. The van der Waals surface area contributed by atoms with Crippen molar-refractivity contribution in [2.24, 2.45) is 5.10 Å². The number of carbonyl (C=O) groups excluding carboxylic acids is 1. The van der Waals surface area contributed by atoms with E-state index in [1.165, 1.54) is 43.7 Å². The normalized spacial score (nSPS) is 13.7. The molecule has 1 aliphatic rings. The first-order valence-electron chi connectivity index (χ1n) is 12.4. The molecule has 1 aliphatic heterocycles. The number of nitro groups is 1. The van der Waals surface area contributed by atoms with E-state index in [4.69, 9.17) is 9.47 Å². The maximum Gasteiger partial charge on any atom is 0.270 e. The largest absolute Gasteiger partial charge is 0.497 e. The van der Waals surface area contributed by atoms with E-state index in [9.17, 15) is 23.3 Å². The van der Waals surface area contributed by atoms with Crippen LogP contribution in [-0.4, -0.2) is 65.4 Å². The standard InChI is InChI=1S/C27H29N5O7S/c1-20-6-9-25(10-7-20)40(36,37)31(22-4-3-5-24(17-22)38-2)19-27(33)29-28-18-21-16-23(32(34)35)8-11-26(21)30-12-14-39-15-13-30/h3-11,16-18H,12-15,19H2,1-2H3,(H,29,33)/b28-18-. The molecule has 1 saturated heterocycles. The summed E-state index contributed by atoms with van der Waals surface area (Å²) in [5, 5.41) is 15.3. The van der Waals surface area contributed by atoms with Crippen LogP contribution in [0.1, 0.15) is 11.1 Å². The lowest BCUT2D eigenvalue weighted by Gasteiger charge is -2.29. The van der Waals surface area contributed by atoms with Gasteiger partial charge in [0.2, 0.25) is 0 Å². The fourth-order valence-corrected chi connectivity index (χ4v) is 5.52. The van der Waals surface area contributed by atoms with Crippen LogP contribution in [0.5, 0.6) is 5.75 Å².